The van der Waals surface area contributed by atoms with Crippen LogP contribution < -0.4 is 5.43 Å². The average molecular weight is 347 g/mol. The molecule has 1 aliphatic heterocycles. The van der Waals surface area contributed by atoms with Gasteiger partial charge in [-0.15, -0.1) is 0 Å². The van der Waals surface area contributed by atoms with Crippen molar-refractivity contribution in [1.82, 2.24) is 4.90 Å². The summed E-state index contributed by atoms with van der Waals surface area (Å²) >= 11 is 0. The largest absolute Gasteiger partial charge is 0.451 e. The highest BCUT2D eigenvalue weighted by atomic mass is 16.3. The molecule has 0 aliphatic carbocycles. The maximum absolute atomic E-state index is 13.0. The predicted molar refractivity (Wildman–Crippen MR) is 101 cm³/mol. The Morgan fingerprint density at radius 2 is 1.85 bits per heavy atom. The third-order valence-corrected chi connectivity index (χ3v) is 5.09. The van der Waals surface area contributed by atoms with Gasteiger partial charge < -0.3 is 9.32 Å². The van der Waals surface area contributed by atoms with E-state index in [0.29, 0.717) is 11.0 Å². The highest BCUT2D eigenvalue weighted by Gasteiger charge is 2.30. The lowest BCUT2D eigenvalue weighted by Gasteiger charge is -2.24. The van der Waals surface area contributed by atoms with Crippen molar-refractivity contribution in [2.45, 2.75) is 31.7 Å². The Bertz CT molecular complexity index is 977. The van der Waals surface area contributed by atoms with Crippen LogP contribution in [0, 0.1) is 0 Å². The molecule has 3 aromatic rings. The fraction of sp³-hybridized carbons (Fsp3) is 0.273. The summed E-state index contributed by atoms with van der Waals surface area (Å²) in [5.74, 6) is -0.0382. The molecule has 2 heterocycles. The number of amides is 1. The summed E-state index contributed by atoms with van der Waals surface area (Å²) in [4.78, 5) is 27.1. The first-order valence-corrected chi connectivity index (χ1v) is 9.10. The predicted octanol–water partition coefficient (Wildman–Crippen LogP) is 4.03. The Morgan fingerprint density at radius 3 is 2.69 bits per heavy atom. The van der Waals surface area contributed by atoms with Crippen molar-refractivity contribution in [2.24, 2.45) is 0 Å². The Kier molecular flexibility index (Phi) is 4.57. The second kappa shape index (κ2) is 7.16. The highest BCUT2D eigenvalue weighted by molar-refractivity contribution is 5.93. The maximum Gasteiger partial charge on any atom is 0.289 e. The van der Waals surface area contributed by atoms with Crippen LogP contribution in [-0.2, 0) is 6.42 Å². The number of hydrogen-bond donors (Lipinski definition) is 0. The summed E-state index contributed by atoms with van der Waals surface area (Å²) in [6.45, 7) is 0.717. The van der Waals surface area contributed by atoms with E-state index >= 15 is 0 Å². The van der Waals surface area contributed by atoms with Gasteiger partial charge in [0.1, 0.15) is 5.58 Å². The minimum absolute atomic E-state index is 0.139. The summed E-state index contributed by atoms with van der Waals surface area (Å²) in [6.07, 6.45) is 3.85. The van der Waals surface area contributed by atoms with Crippen LogP contribution in [-0.4, -0.2) is 23.4 Å². The molecule has 4 rings (SSSR count). The Morgan fingerprint density at radius 1 is 1.08 bits per heavy atom. The van der Waals surface area contributed by atoms with Crippen molar-refractivity contribution in [3.8, 4) is 0 Å². The van der Waals surface area contributed by atoms with Gasteiger partial charge in [-0.1, -0.05) is 42.5 Å². The number of likely N-dealkylation sites (tertiary alicyclic amines) is 1. The van der Waals surface area contributed by atoms with E-state index in [9.17, 15) is 9.59 Å². The number of rotatable bonds is 4. The van der Waals surface area contributed by atoms with Gasteiger partial charge in [-0.05, 0) is 43.4 Å². The number of nitrogens with zero attached hydrogens (tertiary/aromatic N) is 1. The van der Waals surface area contributed by atoms with Crippen molar-refractivity contribution in [2.75, 3.05) is 6.54 Å². The number of hydrogen-bond acceptors (Lipinski definition) is 3. The fourth-order valence-electron chi connectivity index (χ4n) is 3.73. The van der Waals surface area contributed by atoms with E-state index < -0.39 is 0 Å². The Balaban J connectivity index is 1.54. The van der Waals surface area contributed by atoms with E-state index in [1.807, 2.05) is 23.1 Å². The molecule has 4 nitrogen and oxygen atoms in total. The van der Waals surface area contributed by atoms with E-state index in [1.54, 1.807) is 24.3 Å². The number of para-hydroxylation sites is 1. The molecule has 1 aromatic heterocycles. The first-order chi connectivity index (χ1) is 12.7. The van der Waals surface area contributed by atoms with E-state index in [0.717, 1.165) is 32.2 Å². The minimum atomic E-state index is -0.177. The molecule has 1 amide bonds. The molecule has 1 atom stereocenters. The number of aryl methyl sites for hydroxylation is 1. The molecule has 0 radical (unpaired) electrons. The first-order valence-electron chi connectivity index (χ1n) is 9.10. The zero-order valence-electron chi connectivity index (χ0n) is 14.6. The lowest BCUT2D eigenvalue weighted by atomic mass is 10.0. The monoisotopic (exact) mass is 347 g/mol. The summed E-state index contributed by atoms with van der Waals surface area (Å²) in [7, 11) is 0. The molecule has 0 saturated carbocycles. The van der Waals surface area contributed by atoms with Crippen LogP contribution in [0.4, 0.5) is 0 Å². The second-order valence-corrected chi connectivity index (χ2v) is 6.79. The molecule has 0 N–H and O–H groups in total. The van der Waals surface area contributed by atoms with Gasteiger partial charge in [-0.25, -0.2) is 0 Å². The number of carbonyl (C=O) groups excluding carboxylic acids is 1. The molecule has 1 fully saturated rings. The Labute approximate surface area is 152 Å². The third-order valence-electron chi connectivity index (χ3n) is 5.09. The van der Waals surface area contributed by atoms with Crippen molar-refractivity contribution in [3.05, 3.63) is 82.2 Å². The zero-order valence-corrected chi connectivity index (χ0v) is 14.6. The van der Waals surface area contributed by atoms with E-state index in [2.05, 4.69) is 12.1 Å². The van der Waals surface area contributed by atoms with Crippen molar-refractivity contribution >= 4 is 16.9 Å². The van der Waals surface area contributed by atoms with E-state index in [4.69, 9.17) is 4.42 Å². The van der Waals surface area contributed by atoms with Crippen LogP contribution in [0.15, 0.2) is 69.9 Å². The Hall–Kier alpha value is -2.88. The molecule has 2 aromatic carbocycles. The molecule has 4 heteroatoms. The van der Waals surface area contributed by atoms with Gasteiger partial charge in [0.05, 0.1) is 5.39 Å². The summed E-state index contributed by atoms with van der Waals surface area (Å²) in [6, 6.07) is 18.9. The highest BCUT2D eigenvalue weighted by Crippen LogP contribution is 2.24. The van der Waals surface area contributed by atoms with Gasteiger partial charge in [0.15, 0.2) is 11.2 Å². The summed E-state index contributed by atoms with van der Waals surface area (Å²) in [5.41, 5.74) is 1.57. The summed E-state index contributed by atoms with van der Waals surface area (Å²) in [5, 5.41) is 0.506. The SMILES string of the molecule is O=C(c1cc(=O)c2ccccc2o1)N1CCCC1CCc1ccccc1. The van der Waals surface area contributed by atoms with Crippen LogP contribution in [0.5, 0.6) is 0 Å². The van der Waals surface area contributed by atoms with Gasteiger partial charge in [-0.2, -0.15) is 0 Å². The second-order valence-electron chi connectivity index (χ2n) is 6.79. The van der Waals surface area contributed by atoms with Crippen LogP contribution in [0.2, 0.25) is 0 Å². The topological polar surface area (TPSA) is 50.5 Å². The maximum atomic E-state index is 13.0. The first kappa shape index (κ1) is 16.6. The molecule has 1 unspecified atom stereocenters. The molecular weight excluding hydrogens is 326 g/mol. The molecule has 132 valence electrons. The van der Waals surface area contributed by atoms with E-state index in [1.165, 1.54) is 11.6 Å². The quantitative estimate of drug-likeness (QED) is 0.716. The van der Waals surface area contributed by atoms with Crippen molar-refractivity contribution < 1.29 is 9.21 Å². The lowest BCUT2D eigenvalue weighted by Crippen LogP contribution is -2.36. The third kappa shape index (κ3) is 3.27. The van der Waals surface area contributed by atoms with Crippen LogP contribution in [0.3, 0.4) is 0 Å². The van der Waals surface area contributed by atoms with Gasteiger partial charge in [0.25, 0.3) is 5.91 Å². The zero-order chi connectivity index (χ0) is 17.9. The normalized spacial score (nSPS) is 16.9. The average Bonchev–Trinajstić information content (AvgIpc) is 3.15. The molecule has 1 saturated heterocycles. The molecule has 0 spiro atoms. The van der Waals surface area contributed by atoms with Crippen LogP contribution in [0.1, 0.15) is 35.4 Å². The molecule has 1 aliphatic rings. The van der Waals surface area contributed by atoms with Crippen molar-refractivity contribution in [1.29, 1.82) is 0 Å². The lowest BCUT2D eigenvalue weighted by molar-refractivity contribution is 0.0699. The number of fused-ring (bicyclic) bond motifs is 1. The number of benzene rings is 2. The number of carbonyl (C=O) groups is 1. The molecule has 0 bridgehead atoms. The van der Waals surface area contributed by atoms with Gasteiger partial charge in [0.2, 0.25) is 0 Å². The minimum Gasteiger partial charge on any atom is -0.451 e. The van der Waals surface area contributed by atoms with Crippen LogP contribution >= 0.6 is 0 Å². The van der Waals surface area contributed by atoms with Crippen molar-refractivity contribution in [3.63, 3.8) is 0 Å². The fourth-order valence-corrected chi connectivity index (χ4v) is 3.73. The van der Waals surface area contributed by atoms with E-state index in [-0.39, 0.29) is 23.1 Å². The molecule has 26 heavy (non-hydrogen) atoms. The van der Waals surface area contributed by atoms with Gasteiger partial charge >= 0.3 is 0 Å². The van der Waals surface area contributed by atoms with Gasteiger partial charge in [-0.3, -0.25) is 9.59 Å². The summed E-state index contributed by atoms with van der Waals surface area (Å²) < 4.78 is 5.74. The smallest absolute Gasteiger partial charge is 0.289 e. The standard InChI is InChI=1S/C22H21NO3/c24-19-15-21(26-20-11-5-4-10-18(19)20)22(25)23-14-6-9-17(23)13-12-16-7-2-1-3-8-16/h1-5,7-8,10-11,15,17H,6,9,12-14H2. The molecular formula is C22H21NO3. The van der Waals surface area contributed by atoms with Gasteiger partial charge in [0, 0.05) is 18.7 Å². The van der Waals surface area contributed by atoms with Crippen LogP contribution in [0.25, 0.3) is 11.0 Å².